The molecule has 1 heterocycles. The Kier molecular flexibility index (Phi) is 5.92. The molecule has 0 saturated carbocycles. The van der Waals surface area contributed by atoms with E-state index in [1.54, 1.807) is 0 Å². The predicted molar refractivity (Wildman–Crippen MR) is 95.7 cm³/mol. The zero-order valence-corrected chi connectivity index (χ0v) is 14.6. The molecule has 0 atom stereocenters. The zero-order chi connectivity index (χ0) is 16.1. The van der Waals surface area contributed by atoms with Crippen LogP contribution in [-0.2, 0) is 0 Å². The van der Waals surface area contributed by atoms with Crippen LogP contribution in [-0.4, -0.2) is 10.2 Å². The van der Waals surface area contributed by atoms with Crippen molar-refractivity contribution in [2.45, 2.75) is 39.5 Å². The van der Waals surface area contributed by atoms with Crippen molar-refractivity contribution in [3.63, 3.8) is 0 Å². The lowest BCUT2D eigenvalue weighted by Crippen LogP contribution is -2.02. The first-order valence-electron chi connectivity index (χ1n) is 7.55. The van der Waals surface area contributed by atoms with Crippen molar-refractivity contribution in [1.29, 1.82) is 0 Å². The molecular weight excluding hydrogens is 314 g/mol. The molecule has 1 aromatic carbocycles. The summed E-state index contributed by atoms with van der Waals surface area (Å²) in [6.45, 7) is 8.26. The number of halogens is 1. The normalized spacial score (nSPS) is 10.7. The van der Waals surface area contributed by atoms with Gasteiger partial charge in [-0.3, -0.25) is 4.79 Å². The van der Waals surface area contributed by atoms with E-state index in [2.05, 4.69) is 17.9 Å². The van der Waals surface area contributed by atoms with Gasteiger partial charge in [0.05, 0.1) is 16.1 Å². The summed E-state index contributed by atoms with van der Waals surface area (Å²) in [4.78, 5) is 13.5. The highest BCUT2D eigenvalue weighted by Gasteiger charge is 2.22. The van der Waals surface area contributed by atoms with Crippen LogP contribution in [0, 0.1) is 0 Å². The van der Waals surface area contributed by atoms with Gasteiger partial charge < -0.3 is 0 Å². The third-order valence-corrected chi connectivity index (χ3v) is 4.64. The quantitative estimate of drug-likeness (QED) is 0.560. The highest BCUT2D eigenvalue weighted by molar-refractivity contribution is 7.07. The summed E-state index contributed by atoms with van der Waals surface area (Å²) < 4.78 is 4.54. The first-order valence-corrected chi connectivity index (χ1v) is 8.70. The van der Waals surface area contributed by atoms with Gasteiger partial charge in [0.25, 0.3) is 0 Å². The van der Waals surface area contributed by atoms with Crippen LogP contribution in [0.5, 0.6) is 0 Å². The van der Waals surface area contributed by atoms with Gasteiger partial charge in [0.15, 0.2) is 5.78 Å². The molecule has 0 N–H and O–H groups in total. The van der Waals surface area contributed by atoms with Crippen molar-refractivity contribution in [3.8, 4) is 11.3 Å². The summed E-state index contributed by atoms with van der Waals surface area (Å²) in [5, 5.41) is 0.677. The Morgan fingerprint density at radius 2 is 1.82 bits per heavy atom. The fraction of sp³-hybridized carbons (Fsp3) is 0.333. The summed E-state index contributed by atoms with van der Waals surface area (Å²) >= 11 is 7.32. The van der Waals surface area contributed by atoms with Gasteiger partial charge in [-0.2, -0.15) is 4.37 Å². The number of carbonyl (C=O) groups excluding carboxylic acids is 1. The van der Waals surface area contributed by atoms with Crippen LogP contribution in [0.4, 0.5) is 0 Å². The molecule has 0 unspecified atom stereocenters. The van der Waals surface area contributed by atoms with Gasteiger partial charge in [-0.05, 0) is 42.1 Å². The number of carbonyl (C=O) groups is 1. The maximum atomic E-state index is 12.6. The smallest absolute Gasteiger partial charge is 0.166 e. The van der Waals surface area contributed by atoms with Crippen LogP contribution in [0.1, 0.15) is 54.8 Å². The number of allylic oxidation sites excluding steroid dienone is 1. The number of ketones is 1. The van der Waals surface area contributed by atoms with Gasteiger partial charge >= 0.3 is 0 Å². The Bertz CT molecular complexity index is 673. The van der Waals surface area contributed by atoms with Gasteiger partial charge in [-0.15, -0.1) is 0 Å². The molecule has 2 aromatic rings. The van der Waals surface area contributed by atoms with Gasteiger partial charge in [0, 0.05) is 17.0 Å². The van der Waals surface area contributed by atoms with Crippen LogP contribution in [0.25, 0.3) is 16.8 Å². The van der Waals surface area contributed by atoms with Crippen LogP contribution < -0.4 is 0 Å². The van der Waals surface area contributed by atoms with E-state index in [1.807, 2.05) is 31.2 Å². The topological polar surface area (TPSA) is 30.0 Å². The minimum atomic E-state index is 0.147. The highest BCUT2D eigenvalue weighted by Crippen LogP contribution is 2.35. The number of benzene rings is 1. The molecule has 2 rings (SSSR count). The minimum Gasteiger partial charge on any atom is -0.294 e. The number of aromatic nitrogens is 1. The first-order chi connectivity index (χ1) is 10.6. The molecule has 116 valence electrons. The summed E-state index contributed by atoms with van der Waals surface area (Å²) in [6, 6.07) is 7.47. The number of hydrogen-bond acceptors (Lipinski definition) is 3. The molecule has 4 heteroatoms. The fourth-order valence-electron chi connectivity index (χ4n) is 2.36. The molecule has 1 aromatic heterocycles. The second-order valence-electron chi connectivity index (χ2n) is 5.27. The van der Waals surface area contributed by atoms with Gasteiger partial charge in [0.2, 0.25) is 0 Å². The molecule has 0 aliphatic rings. The maximum absolute atomic E-state index is 12.6. The van der Waals surface area contributed by atoms with Gasteiger partial charge in [-0.1, -0.05) is 50.6 Å². The molecule has 22 heavy (non-hydrogen) atoms. The van der Waals surface area contributed by atoms with E-state index in [0.29, 0.717) is 11.4 Å². The fourth-order valence-corrected chi connectivity index (χ4v) is 3.40. The van der Waals surface area contributed by atoms with Crippen molar-refractivity contribution in [3.05, 3.63) is 46.3 Å². The van der Waals surface area contributed by atoms with Crippen molar-refractivity contribution in [1.82, 2.24) is 4.37 Å². The Hall–Kier alpha value is -1.45. The number of nitrogens with zero attached hydrogens (tertiary/aromatic N) is 1. The van der Waals surface area contributed by atoms with Crippen molar-refractivity contribution >= 4 is 34.5 Å². The predicted octanol–water partition coefficient (Wildman–Crippen LogP) is 6.26. The molecule has 0 amide bonds. The van der Waals surface area contributed by atoms with Gasteiger partial charge in [0.1, 0.15) is 0 Å². The Morgan fingerprint density at radius 1 is 1.18 bits per heavy atom. The molecule has 0 fully saturated rings. The number of rotatable bonds is 7. The van der Waals surface area contributed by atoms with Crippen LogP contribution in [0.2, 0.25) is 5.02 Å². The average molecular weight is 334 g/mol. The van der Waals surface area contributed by atoms with Crippen molar-refractivity contribution < 1.29 is 4.79 Å². The van der Waals surface area contributed by atoms with Crippen LogP contribution in [0.15, 0.2) is 30.8 Å². The third kappa shape index (κ3) is 3.65. The molecule has 0 aliphatic carbocycles. The molecule has 2 nitrogen and oxygen atoms in total. The monoisotopic (exact) mass is 333 g/mol. The molecule has 0 bridgehead atoms. The largest absolute Gasteiger partial charge is 0.294 e. The van der Waals surface area contributed by atoms with Gasteiger partial charge in [-0.25, -0.2) is 0 Å². The molecule has 0 aliphatic heterocycles. The van der Waals surface area contributed by atoms with Crippen LogP contribution >= 0.6 is 23.1 Å². The molecule has 0 saturated heterocycles. The lowest BCUT2D eigenvalue weighted by molar-refractivity contribution is 0.0982. The Morgan fingerprint density at radius 3 is 2.41 bits per heavy atom. The first kappa shape index (κ1) is 16.9. The van der Waals surface area contributed by atoms with E-state index in [4.69, 9.17) is 11.6 Å². The third-order valence-electron chi connectivity index (χ3n) is 3.44. The van der Waals surface area contributed by atoms with Crippen molar-refractivity contribution in [2.24, 2.45) is 0 Å². The van der Waals surface area contributed by atoms with E-state index < -0.39 is 0 Å². The number of Topliss-reactive ketones (excluding diaryl/α,β-unsaturated/α-hetero) is 1. The molecule has 0 radical (unpaired) electrons. The summed E-state index contributed by atoms with van der Waals surface area (Å²) in [7, 11) is 0. The average Bonchev–Trinajstić information content (AvgIpc) is 2.93. The second kappa shape index (κ2) is 7.70. The zero-order valence-electron chi connectivity index (χ0n) is 13.0. The summed E-state index contributed by atoms with van der Waals surface area (Å²) in [5.41, 5.74) is 3.41. The SMILES string of the molecule is C=C(CCC)c1snc(-c2ccc(Cl)cc2)c1C(=O)CCC. The van der Waals surface area contributed by atoms with E-state index in [9.17, 15) is 4.79 Å². The molecular formula is C18H20ClNOS. The van der Waals surface area contributed by atoms with E-state index in [-0.39, 0.29) is 5.78 Å². The van der Waals surface area contributed by atoms with E-state index in [1.165, 1.54) is 11.5 Å². The Labute approximate surface area is 141 Å². The molecule has 0 spiro atoms. The lowest BCUT2D eigenvalue weighted by atomic mass is 9.97. The van der Waals surface area contributed by atoms with E-state index in [0.717, 1.165) is 46.5 Å². The summed E-state index contributed by atoms with van der Waals surface area (Å²) in [5.74, 6) is 0.147. The van der Waals surface area contributed by atoms with Crippen LogP contribution in [0.3, 0.4) is 0 Å². The second-order valence-corrected chi connectivity index (χ2v) is 6.48. The lowest BCUT2D eigenvalue weighted by Gasteiger charge is -2.07. The Balaban J connectivity index is 2.52. The van der Waals surface area contributed by atoms with Crippen molar-refractivity contribution in [2.75, 3.05) is 0 Å². The maximum Gasteiger partial charge on any atom is 0.166 e. The number of hydrogen-bond donors (Lipinski definition) is 0. The highest BCUT2D eigenvalue weighted by atomic mass is 35.5. The standard InChI is InChI=1S/C18H20ClNOS/c1-4-6-12(3)18-16(15(21)7-5-2)17(20-22-18)13-8-10-14(19)11-9-13/h8-11H,3-7H2,1-2H3. The van der Waals surface area contributed by atoms with E-state index >= 15 is 0 Å². The minimum absolute atomic E-state index is 0.147. The summed E-state index contributed by atoms with van der Waals surface area (Å²) in [6.07, 6.45) is 3.25.